The van der Waals surface area contributed by atoms with E-state index in [2.05, 4.69) is 26.6 Å². The van der Waals surface area contributed by atoms with E-state index in [-0.39, 0.29) is 23.3 Å². The number of rotatable bonds is 9. The first-order valence-electron chi connectivity index (χ1n) is 12.9. The van der Waals surface area contributed by atoms with E-state index in [9.17, 15) is 23.5 Å². The number of benzene rings is 1. The van der Waals surface area contributed by atoms with Gasteiger partial charge >= 0.3 is 0 Å². The molecule has 2 atom stereocenters. The number of alkyl halides is 2. The molecular formula is C27H34ClF2N5O3. The molecule has 0 radical (unpaired) electrons. The van der Waals surface area contributed by atoms with Crippen LogP contribution < -0.4 is 10.6 Å². The first kappa shape index (κ1) is 28.2. The fourth-order valence-electron chi connectivity index (χ4n) is 5.32. The predicted molar refractivity (Wildman–Crippen MR) is 141 cm³/mol. The number of carbonyl (C=O) groups is 2. The summed E-state index contributed by atoms with van der Waals surface area (Å²) >= 11 is 6.15. The van der Waals surface area contributed by atoms with E-state index in [0.29, 0.717) is 18.5 Å². The fraction of sp³-hybridized carbons (Fsp3) is 0.519. The summed E-state index contributed by atoms with van der Waals surface area (Å²) in [7, 11) is 0. The Labute approximate surface area is 226 Å². The Bertz CT molecular complexity index is 1160. The molecule has 38 heavy (non-hydrogen) atoms. The highest BCUT2D eigenvalue weighted by molar-refractivity contribution is 6.31. The zero-order valence-electron chi connectivity index (χ0n) is 21.6. The lowest BCUT2D eigenvalue weighted by atomic mass is 10.0. The Morgan fingerprint density at radius 1 is 1.18 bits per heavy atom. The topological polar surface area (TPSA) is 97.8 Å². The van der Waals surface area contributed by atoms with Gasteiger partial charge in [-0.25, -0.2) is 13.8 Å². The molecule has 11 heteroatoms. The number of hydrogen-bond donors (Lipinski definition) is 3. The number of amides is 2. The lowest BCUT2D eigenvalue weighted by Gasteiger charge is -2.40. The van der Waals surface area contributed by atoms with Gasteiger partial charge in [0.25, 0.3) is 12.3 Å². The van der Waals surface area contributed by atoms with Gasteiger partial charge < -0.3 is 20.6 Å². The number of aromatic nitrogens is 1. The Morgan fingerprint density at radius 3 is 2.61 bits per heavy atom. The lowest BCUT2D eigenvalue weighted by molar-refractivity contribution is -0.134. The van der Waals surface area contributed by atoms with Gasteiger partial charge in [0, 0.05) is 48.4 Å². The average molecular weight is 550 g/mol. The molecule has 1 aromatic carbocycles. The number of likely N-dealkylation sites (tertiary alicyclic amines) is 2. The van der Waals surface area contributed by atoms with Crippen molar-refractivity contribution >= 4 is 29.2 Å². The minimum absolute atomic E-state index is 0.0203. The van der Waals surface area contributed by atoms with Crippen LogP contribution in [0.15, 0.2) is 30.3 Å². The van der Waals surface area contributed by atoms with E-state index in [1.807, 2.05) is 24.0 Å². The van der Waals surface area contributed by atoms with Gasteiger partial charge in [-0.3, -0.25) is 14.5 Å². The number of piperidine rings is 1. The average Bonchev–Trinajstić information content (AvgIpc) is 3.26. The van der Waals surface area contributed by atoms with E-state index in [1.165, 1.54) is 17.7 Å². The molecule has 206 valence electrons. The summed E-state index contributed by atoms with van der Waals surface area (Å²) < 4.78 is 24.9. The summed E-state index contributed by atoms with van der Waals surface area (Å²) in [6.07, 6.45) is -1.28. The monoisotopic (exact) mass is 549 g/mol. The Balaban J connectivity index is 1.37. The Kier molecular flexibility index (Phi) is 9.17. The predicted octanol–water partition coefficient (Wildman–Crippen LogP) is 3.73. The SMILES string of the molecule is Cc1cc(C(=O)NCC(F)F)cc(NC(O)C2CCC(=O)N2C2CCN(Cc3ccc(Cl)c(C)c3)CC2)n1. The minimum Gasteiger partial charge on any atom is -0.372 e. The van der Waals surface area contributed by atoms with Crippen molar-refractivity contribution in [2.45, 2.75) is 70.8 Å². The zero-order valence-corrected chi connectivity index (χ0v) is 22.3. The van der Waals surface area contributed by atoms with Gasteiger partial charge in [-0.2, -0.15) is 0 Å². The van der Waals surface area contributed by atoms with Crippen molar-refractivity contribution in [3.63, 3.8) is 0 Å². The third-order valence-electron chi connectivity index (χ3n) is 7.17. The highest BCUT2D eigenvalue weighted by atomic mass is 35.5. The molecule has 0 bridgehead atoms. The first-order valence-corrected chi connectivity index (χ1v) is 13.3. The van der Waals surface area contributed by atoms with Crippen LogP contribution in [0.25, 0.3) is 0 Å². The highest BCUT2D eigenvalue weighted by Gasteiger charge is 2.41. The molecule has 4 rings (SSSR count). The highest BCUT2D eigenvalue weighted by Crippen LogP contribution is 2.30. The number of hydrogen-bond acceptors (Lipinski definition) is 6. The van der Waals surface area contributed by atoms with Crippen molar-refractivity contribution < 1.29 is 23.5 Å². The van der Waals surface area contributed by atoms with Crippen LogP contribution in [0, 0.1) is 13.8 Å². The Hall–Kier alpha value is -2.82. The van der Waals surface area contributed by atoms with Crippen molar-refractivity contribution in [2.75, 3.05) is 25.0 Å². The molecule has 0 aliphatic carbocycles. The van der Waals surface area contributed by atoms with E-state index in [4.69, 9.17) is 11.6 Å². The largest absolute Gasteiger partial charge is 0.372 e. The van der Waals surface area contributed by atoms with Crippen LogP contribution in [-0.4, -0.2) is 76.1 Å². The standard InChI is InChI=1S/C27H34ClF2N5O3/c1-16-11-18(3-4-21(16)28)15-34-9-7-20(8-10-34)35-22(5-6-25(35)36)27(38)33-24-13-19(12-17(2)32-24)26(37)31-14-23(29)30/h3-4,11-13,20,22-23,27,38H,5-10,14-15H2,1-2H3,(H,31,37)(H,32,33). The van der Waals surface area contributed by atoms with Crippen LogP contribution in [-0.2, 0) is 11.3 Å². The zero-order chi connectivity index (χ0) is 27.4. The second kappa shape index (κ2) is 12.4. The number of aryl methyl sites for hydroxylation is 2. The molecule has 3 heterocycles. The quantitative estimate of drug-likeness (QED) is 0.412. The summed E-state index contributed by atoms with van der Waals surface area (Å²) in [5.41, 5.74) is 2.91. The molecule has 2 fully saturated rings. The molecule has 0 saturated carbocycles. The number of pyridine rings is 1. The molecule has 2 aliphatic rings. The van der Waals surface area contributed by atoms with E-state index in [1.54, 1.807) is 6.92 Å². The van der Waals surface area contributed by atoms with Crippen molar-refractivity contribution in [1.82, 2.24) is 20.1 Å². The molecule has 8 nitrogen and oxygen atoms in total. The molecule has 2 aromatic rings. The van der Waals surface area contributed by atoms with Crippen LogP contribution in [0.5, 0.6) is 0 Å². The van der Waals surface area contributed by atoms with E-state index in [0.717, 1.165) is 43.1 Å². The normalized spacial score (nSPS) is 19.7. The van der Waals surface area contributed by atoms with Crippen molar-refractivity contribution in [1.29, 1.82) is 0 Å². The second-order valence-corrected chi connectivity index (χ2v) is 10.5. The number of aliphatic hydroxyl groups excluding tert-OH is 1. The molecule has 2 aliphatic heterocycles. The molecule has 2 saturated heterocycles. The molecule has 2 amide bonds. The second-order valence-electron chi connectivity index (χ2n) is 10.1. The van der Waals surface area contributed by atoms with Crippen molar-refractivity contribution in [3.8, 4) is 0 Å². The molecule has 0 spiro atoms. The van der Waals surface area contributed by atoms with Crippen LogP contribution in [0.3, 0.4) is 0 Å². The van der Waals surface area contributed by atoms with E-state index >= 15 is 0 Å². The van der Waals surface area contributed by atoms with Gasteiger partial charge in [0.2, 0.25) is 5.91 Å². The summed E-state index contributed by atoms with van der Waals surface area (Å²) in [5.74, 6) is -0.384. The smallest absolute Gasteiger partial charge is 0.255 e. The number of anilines is 1. The number of aliphatic hydroxyl groups is 1. The summed E-state index contributed by atoms with van der Waals surface area (Å²) in [4.78, 5) is 33.6. The van der Waals surface area contributed by atoms with E-state index < -0.39 is 31.1 Å². The van der Waals surface area contributed by atoms with Crippen molar-refractivity contribution in [2.24, 2.45) is 0 Å². The van der Waals surface area contributed by atoms with Gasteiger partial charge in [-0.05, 0) is 62.4 Å². The molecule has 2 unspecified atom stereocenters. The van der Waals surface area contributed by atoms with Gasteiger partial charge in [0.05, 0.1) is 12.6 Å². The van der Waals surface area contributed by atoms with Gasteiger partial charge in [0.1, 0.15) is 12.0 Å². The van der Waals surface area contributed by atoms with Crippen LogP contribution in [0.2, 0.25) is 5.02 Å². The maximum absolute atomic E-state index is 12.8. The minimum atomic E-state index is -2.65. The lowest BCUT2D eigenvalue weighted by Crippen LogP contribution is -2.53. The van der Waals surface area contributed by atoms with Gasteiger partial charge in [-0.15, -0.1) is 0 Å². The van der Waals surface area contributed by atoms with Gasteiger partial charge in [-0.1, -0.05) is 23.7 Å². The van der Waals surface area contributed by atoms with Crippen LogP contribution in [0.4, 0.5) is 14.6 Å². The maximum Gasteiger partial charge on any atom is 0.255 e. The number of carbonyl (C=O) groups excluding carboxylic acids is 2. The van der Waals surface area contributed by atoms with Crippen LogP contribution >= 0.6 is 11.6 Å². The molecule has 1 aromatic heterocycles. The number of halogens is 3. The number of nitrogens with zero attached hydrogens (tertiary/aromatic N) is 3. The van der Waals surface area contributed by atoms with Crippen molar-refractivity contribution in [3.05, 3.63) is 57.7 Å². The van der Waals surface area contributed by atoms with Crippen LogP contribution in [0.1, 0.15) is 52.9 Å². The molecular weight excluding hydrogens is 516 g/mol. The van der Waals surface area contributed by atoms with Gasteiger partial charge in [0.15, 0.2) is 0 Å². The number of nitrogens with one attached hydrogen (secondary N) is 2. The summed E-state index contributed by atoms with van der Waals surface area (Å²) in [6, 6.07) is 8.55. The maximum atomic E-state index is 12.8. The molecule has 3 N–H and O–H groups in total. The Morgan fingerprint density at radius 2 is 1.92 bits per heavy atom. The summed E-state index contributed by atoms with van der Waals surface area (Å²) in [5, 5.41) is 16.9. The fourth-order valence-corrected chi connectivity index (χ4v) is 5.44. The third kappa shape index (κ3) is 6.98. The summed E-state index contributed by atoms with van der Waals surface area (Å²) in [6.45, 7) is 5.41. The third-order valence-corrected chi connectivity index (χ3v) is 7.60. The first-order chi connectivity index (χ1) is 18.1.